The lowest BCUT2D eigenvalue weighted by Gasteiger charge is -2.14. The van der Waals surface area contributed by atoms with Crippen LogP contribution in [-0.2, 0) is 0 Å². The summed E-state index contributed by atoms with van der Waals surface area (Å²) in [7, 11) is 1.63. The molecule has 0 bridgehead atoms. The Balaban J connectivity index is 2.03. The molecule has 1 atom stereocenters. The minimum absolute atomic E-state index is 0.0701. The van der Waals surface area contributed by atoms with E-state index in [0.29, 0.717) is 9.21 Å². The molecule has 0 saturated carbocycles. The molecule has 0 aliphatic rings. The first-order chi connectivity index (χ1) is 9.10. The fourth-order valence-electron chi connectivity index (χ4n) is 1.68. The number of hydrogen-bond acceptors (Lipinski definition) is 3. The Kier molecular flexibility index (Phi) is 4.45. The predicted octanol–water partition coefficient (Wildman–Crippen LogP) is 3.90. The van der Waals surface area contributed by atoms with Gasteiger partial charge in [-0.25, -0.2) is 0 Å². The van der Waals surface area contributed by atoms with Gasteiger partial charge >= 0.3 is 0 Å². The lowest BCUT2D eigenvalue weighted by molar-refractivity contribution is 0.0944. The SMILES string of the molecule is COc1ccc([C@H](C)NC(=O)c2ccc(Cl)s2)cc1. The van der Waals surface area contributed by atoms with Crippen LogP contribution in [0.5, 0.6) is 5.75 Å². The van der Waals surface area contributed by atoms with E-state index in [4.69, 9.17) is 16.3 Å². The lowest BCUT2D eigenvalue weighted by Crippen LogP contribution is -2.25. The van der Waals surface area contributed by atoms with Crippen LogP contribution in [0.3, 0.4) is 0 Å². The molecule has 1 heterocycles. The van der Waals surface area contributed by atoms with E-state index in [2.05, 4.69) is 5.32 Å². The van der Waals surface area contributed by atoms with Crippen molar-refractivity contribution in [2.24, 2.45) is 0 Å². The summed E-state index contributed by atoms with van der Waals surface area (Å²) in [5, 5.41) is 2.94. The van der Waals surface area contributed by atoms with Crippen molar-refractivity contribution in [1.82, 2.24) is 5.32 Å². The van der Waals surface area contributed by atoms with Gasteiger partial charge in [-0.05, 0) is 36.8 Å². The Morgan fingerprint density at radius 2 is 1.95 bits per heavy atom. The van der Waals surface area contributed by atoms with Gasteiger partial charge in [-0.1, -0.05) is 23.7 Å². The Bertz CT molecular complexity index is 565. The molecule has 0 spiro atoms. The molecule has 0 aliphatic carbocycles. The molecule has 1 N–H and O–H groups in total. The maximum absolute atomic E-state index is 12.0. The minimum Gasteiger partial charge on any atom is -0.497 e. The van der Waals surface area contributed by atoms with Gasteiger partial charge in [0.1, 0.15) is 5.75 Å². The zero-order valence-electron chi connectivity index (χ0n) is 10.6. The van der Waals surface area contributed by atoms with Gasteiger partial charge in [-0.3, -0.25) is 4.79 Å². The molecule has 2 rings (SSSR count). The quantitative estimate of drug-likeness (QED) is 0.929. The zero-order valence-corrected chi connectivity index (χ0v) is 12.2. The van der Waals surface area contributed by atoms with E-state index >= 15 is 0 Å². The van der Waals surface area contributed by atoms with Crippen molar-refractivity contribution in [1.29, 1.82) is 0 Å². The second kappa shape index (κ2) is 6.08. The highest BCUT2D eigenvalue weighted by atomic mass is 35.5. The molecule has 0 fully saturated rings. The monoisotopic (exact) mass is 295 g/mol. The molecule has 5 heteroatoms. The van der Waals surface area contributed by atoms with Gasteiger partial charge in [0, 0.05) is 0 Å². The van der Waals surface area contributed by atoms with Gasteiger partial charge in [0.2, 0.25) is 0 Å². The van der Waals surface area contributed by atoms with E-state index in [0.717, 1.165) is 11.3 Å². The van der Waals surface area contributed by atoms with Gasteiger partial charge in [-0.15, -0.1) is 11.3 Å². The zero-order chi connectivity index (χ0) is 13.8. The molecule has 100 valence electrons. The standard InChI is InChI=1S/C14H14ClNO2S/c1-9(10-3-5-11(18-2)6-4-10)16-14(17)12-7-8-13(15)19-12/h3-9H,1-2H3,(H,16,17)/t9-/m0/s1. The van der Waals surface area contributed by atoms with E-state index in [-0.39, 0.29) is 11.9 Å². The smallest absolute Gasteiger partial charge is 0.261 e. The summed E-state index contributed by atoms with van der Waals surface area (Å²) < 4.78 is 5.71. The molecule has 3 nitrogen and oxygen atoms in total. The molecule has 2 aromatic rings. The summed E-state index contributed by atoms with van der Waals surface area (Å²) in [5.41, 5.74) is 1.02. The minimum atomic E-state index is -0.111. The second-order valence-corrected chi connectivity index (χ2v) is 5.79. The third-order valence-corrected chi connectivity index (χ3v) is 3.99. The van der Waals surface area contributed by atoms with E-state index in [1.165, 1.54) is 11.3 Å². The third kappa shape index (κ3) is 3.49. The highest BCUT2D eigenvalue weighted by Gasteiger charge is 2.13. The largest absolute Gasteiger partial charge is 0.497 e. The Morgan fingerprint density at radius 1 is 1.26 bits per heavy atom. The second-order valence-electron chi connectivity index (χ2n) is 4.07. The molecule has 1 aromatic heterocycles. The fraction of sp³-hybridized carbons (Fsp3) is 0.214. The summed E-state index contributed by atoms with van der Waals surface area (Å²) in [6.07, 6.45) is 0. The number of thiophene rings is 1. The molecule has 0 saturated heterocycles. The molecule has 0 aliphatic heterocycles. The number of hydrogen-bond donors (Lipinski definition) is 1. The van der Waals surface area contributed by atoms with Crippen molar-refractivity contribution in [2.45, 2.75) is 13.0 Å². The first-order valence-corrected chi connectivity index (χ1v) is 6.99. The van der Waals surface area contributed by atoms with Crippen molar-refractivity contribution < 1.29 is 9.53 Å². The van der Waals surface area contributed by atoms with Crippen molar-refractivity contribution >= 4 is 28.8 Å². The number of methoxy groups -OCH3 is 1. The number of nitrogens with one attached hydrogen (secondary N) is 1. The van der Waals surface area contributed by atoms with Crippen molar-refractivity contribution in [2.75, 3.05) is 7.11 Å². The van der Waals surface area contributed by atoms with E-state index in [1.807, 2.05) is 31.2 Å². The predicted molar refractivity (Wildman–Crippen MR) is 78.2 cm³/mol. The molecule has 19 heavy (non-hydrogen) atoms. The lowest BCUT2D eigenvalue weighted by atomic mass is 10.1. The summed E-state index contributed by atoms with van der Waals surface area (Å²) >= 11 is 7.09. The van der Waals surface area contributed by atoms with Crippen LogP contribution in [0.25, 0.3) is 0 Å². The van der Waals surface area contributed by atoms with Crippen LogP contribution in [0, 0.1) is 0 Å². The van der Waals surface area contributed by atoms with Crippen LogP contribution in [0.15, 0.2) is 36.4 Å². The molecule has 0 unspecified atom stereocenters. The highest BCUT2D eigenvalue weighted by Crippen LogP contribution is 2.23. The van der Waals surface area contributed by atoms with Crippen LogP contribution in [0.4, 0.5) is 0 Å². The van der Waals surface area contributed by atoms with Gasteiger partial charge in [-0.2, -0.15) is 0 Å². The number of benzene rings is 1. The number of amides is 1. The van der Waals surface area contributed by atoms with E-state index < -0.39 is 0 Å². The summed E-state index contributed by atoms with van der Waals surface area (Å²) in [5.74, 6) is 0.688. The fourth-order valence-corrected chi connectivity index (χ4v) is 2.63. The topological polar surface area (TPSA) is 38.3 Å². The Morgan fingerprint density at radius 3 is 2.47 bits per heavy atom. The first kappa shape index (κ1) is 13.9. The molecule has 0 radical (unpaired) electrons. The molecular formula is C14H14ClNO2S. The number of halogens is 1. The number of rotatable bonds is 4. The van der Waals surface area contributed by atoms with Crippen LogP contribution in [0.2, 0.25) is 4.34 Å². The van der Waals surface area contributed by atoms with Gasteiger partial charge in [0.15, 0.2) is 0 Å². The Labute approximate surface area is 121 Å². The summed E-state index contributed by atoms with van der Waals surface area (Å²) in [6.45, 7) is 1.94. The maximum atomic E-state index is 12.0. The average Bonchev–Trinajstić information content (AvgIpc) is 2.85. The van der Waals surface area contributed by atoms with E-state index in [9.17, 15) is 4.79 Å². The first-order valence-electron chi connectivity index (χ1n) is 5.80. The van der Waals surface area contributed by atoms with Crippen LogP contribution in [0.1, 0.15) is 28.2 Å². The molecular weight excluding hydrogens is 282 g/mol. The van der Waals surface area contributed by atoms with Gasteiger partial charge < -0.3 is 10.1 Å². The normalized spacial score (nSPS) is 11.9. The maximum Gasteiger partial charge on any atom is 0.261 e. The van der Waals surface area contributed by atoms with Gasteiger partial charge in [0.05, 0.1) is 22.4 Å². The van der Waals surface area contributed by atoms with Crippen LogP contribution >= 0.6 is 22.9 Å². The number of ether oxygens (including phenoxy) is 1. The van der Waals surface area contributed by atoms with Crippen LogP contribution < -0.4 is 10.1 Å². The van der Waals surface area contributed by atoms with Crippen molar-refractivity contribution in [3.63, 3.8) is 0 Å². The van der Waals surface area contributed by atoms with Crippen molar-refractivity contribution in [3.8, 4) is 5.75 Å². The van der Waals surface area contributed by atoms with Crippen LogP contribution in [-0.4, -0.2) is 13.0 Å². The van der Waals surface area contributed by atoms with Crippen molar-refractivity contribution in [3.05, 3.63) is 51.2 Å². The Hall–Kier alpha value is -1.52. The number of carbonyl (C=O) groups excluding carboxylic acids is 1. The molecule has 1 amide bonds. The summed E-state index contributed by atoms with van der Waals surface area (Å²) in [6, 6.07) is 11.0. The molecule has 1 aromatic carbocycles. The van der Waals surface area contributed by atoms with Gasteiger partial charge in [0.25, 0.3) is 5.91 Å². The third-order valence-electron chi connectivity index (χ3n) is 2.76. The number of carbonyl (C=O) groups is 1. The highest BCUT2D eigenvalue weighted by molar-refractivity contribution is 7.17. The average molecular weight is 296 g/mol. The summed E-state index contributed by atoms with van der Waals surface area (Å²) in [4.78, 5) is 12.6. The van der Waals surface area contributed by atoms with E-state index in [1.54, 1.807) is 19.2 Å².